The van der Waals surface area contributed by atoms with E-state index in [0.717, 1.165) is 0 Å². The zero-order valence-electron chi connectivity index (χ0n) is 10.2. The molecule has 0 aromatic heterocycles. The molecule has 0 aliphatic rings. The number of carbonyl (C=O) groups is 2. The molecule has 0 saturated carbocycles. The quantitative estimate of drug-likeness (QED) is 0.430. The second kappa shape index (κ2) is 6.64. The smallest absolute Gasteiger partial charge is 0.217 e. The van der Waals surface area contributed by atoms with Crippen molar-refractivity contribution in [2.45, 2.75) is 12.7 Å². The molecule has 0 aliphatic heterocycles. The molecule has 0 fully saturated rings. The molecule has 0 unspecified atom stereocenters. The van der Waals surface area contributed by atoms with Crippen LogP contribution in [0, 0.1) is 11.3 Å². The lowest BCUT2D eigenvalue weighted by Gasteiger charge is -2.11. The van der Waals surface area contributed by atoms with Gasteiger partial charge in [0.05, 0.1) is 18.1 Å². The minimum Gasteiger partial charge on any atom is -0.349 e. The molecule has 0 saturated heterocycles. The maximum atomic E-state index is 11.8. The number of methoxy groups -OCH3 is 2. The van der Waals surface area contributed by atoms with Gasteiger partial charge in [-0.1, -0.05) is 12.1 Å². The molecular weight excluding hydrogens is 234 g/mol. The van der Waals surface area contributed by atoms with Gasteiger partial charge in [-0.05, 0) is 12.1 Å². The predicted octanol–water partition coefficient (Wildman–Crippen LogP) is 1.32. The van der Waals surface area contributed by atoms with E-state index >= 15 is 0 Å². The van der Waals surface area contributed by atoms with Gasteiger partial charge in [-0.2, -0.15) is 5.26 Å². The van der Waals surface area contributed by atoms with Crippen LogP contribution in [0.1, 0.15) is 22.3 Å². The number of hydrogen-bond acceptors (Lipinski definition) is 5. The molecule has 0 N–H and O–H groups in total. The fraction of sp³-hybridized carbons (Fsp3) is 0.308. The van der Waals surface area contributed by atoms with Gasteiger partial charge in [-0.25, -0.2) is 0 Å². The number of benzene rings is 1. The number of Topliss-reactive ketones (excluding diaryl/α,β-unsaturated/α-hetero) is 2. The Balaban J connectivity index is 2.76. The average Bonchev–Trinajstić information content (AvgIpc) is 2.40. The number of nitrogens with zero attached hydrogens (tertiary/aromatic N) is 1. The Morgan fingerprint density at radius 1 is 1.33 bits per heavy atom. The zero-order chi connectivity index (χ0) is 13.5. The first-order chi connectivity index (χ1) is 8.62. The monoisotopic (exact) mass is 247 g/mol. The molecule has 0 radical (unpaired) electrons. The van der Waals surface area contributed by atoms with E-state index in [4.69, 9.17) is 14.7 Å². The number of carbonyl (C=O) groups excluding carboxylic acids is 2. The summed E-state index contributed by atoms with van der Waals surface area (Å²) in [7, 11) is 2.65. The van der Waals surface area contributed by atoms with Gasteiger partial charge in [-0.3, -0.25) is 9.59 Å². The highest BCUT2D eigenvalue weighted by Gasteiger charge is 2.20. The molecule has 94 valence electrons. The molecule has 1 aromatic carbocycles. The van der Waals surface area contributed by atoms with Crippen molar-refractivity contribution in [1.82, 2.24) is 0 Å². The summed E-state index contributed by atoms with van der Waals surface area (Å²) >= 11 is 0. The van der Waals surface area contributed by atoms with E-state index in [1.165, 1.54) is 20.3 Å². The summed E-state index contributed by atoms with van der Waals surface area (Å²) in [5.41, 5.74) is 0.705. The lowest BCUT2D eigenvalue weighted by atomic mass is 10.0. The number of ketones is 2. The highest BCUT2D eigenvalue weighted by molar-refractivity contribution is 6.08. The lowest BCUT2D eigenvalue weighted by molar-refractivity contribution is -0.155. The largest absolute Gasteiger partial charge is 0.349 e. The molecule has 0 spiro atoms. The fourth-order valence-electron chi connectivity index (χ4n) is 1.46. The first kappa shape index (κ1) is 14.0. The molecule has 0 heterocycles. The van der Waals surface area contributed by atoms with Gasteiger partial charge in [0.2, 0.25) is 6.29 Å². The van der Waals surface area contributed by atoms with Crippen molar-refractivity contribution >= 4 is 11.6 Å². The van der Waals surface area contributed by atoms with Crippen LogP contribution in [0.3, 0.4) is 0 Å². The van der Waals surface area contributed by atoms with E-state index in [1.807, 2.05) is 6.07 Å². The van der Waals surface area contributed by atoms with Gasteiger partial charge in [0.15, 0.2) is 11.6 Å². The average molecular weight is 247 g/mol. The van der Waals surface area contributed by atoms with Gasteiger partial charge in [0, 0.05) is 19.8 Å². The number of hydrogen-bond donors (Lipinski definition) is 0. The maximum absolute atomic E-state index is 11.8. The fourth-order valence-corrected chi connectivity index (χ4v) is 1.46. The SMILES string of the molecule is COC(OC)C(=O)CC(=O)c1cccc(C#N)c1. The molecular formula is C13H13NO4. The summed E-state index contributed by atoms with van der Waals surface area (Å²) in [4.78, 5) is 23.4. The normalized spacial score (nSPS) is 10.1. The first-order valence-corrected chi connectivity index (χ1v) is 5.24. The molecule has 0 bridgehead atoms. The molecule has 0 aliphatic carbocycles. The van der Waals surface area contributed by atoms with E-state index in [9.17, 15) is 9.59 Å². The van der Waals surface area contributed by atoms with Crippen molar-refractivity contribution in [2.75, 3.05) is 14.2 Å². The topological polar surface area (TPSA) is 76.4 Å². The minimum absolute atomic E-state index is 0.318. The first-order valence-electron chi connectivity index (χ1n) is 5.24. The molecule has 1 aromatic rings. The zero-order valence-corrected chi connectivity index (χ0v) is 10.2. The van der Waals surface area contributed by atoms with Crippen LogP contribution in [-0.2, 0) is 14.3 Å². The molecule has 0 atom stereocenters. The third-order valence-corrected chi connectivity index (χ3v) is 2.34. The molecule has 5 nitrogen and oxygen atoms in total. The van der Waals surface area contributed by atoms with Gasteiger partial charge in [0.1, 0.15) is 0 Å². The Hall–Kier alpha value is -2.03. The summed E-state index contributed by atoms with van der Waals surface area (Å²) in [6, 6.07) is 8.13. The number of ether oxygens (including phenoxy) is 2. The van der Waals surface area contributed by atoms with E-state index < -0.39 is 12.1 Å². The lowest BCUT2D eigenvalue weighted by Crippen LogP contribution is -2.27. The van der Waals surface area contributed by atoms with Gasteiger partial charge < -0.3 is 9.47 Å². The number of nitriles is 1. The summed E-state index contributed by atoms with van der Waals surface area (Å²) < 4.78 is 9.53. The molecule has 5 heteroatoms. The maximum Gasteiger partial charge on any atom is 0.217 e. The number of rotatable bonds is 6. The van der Waals surface area contributed by atoms with Gasteiger partial charge in [-0.15, -0.1) is 0 Å². The van der Waals surface area contributed by atoms with Crippen molar-refractivity contribution in [3.05, 3.63) is 35.4 Å². The van der Waals surface area contributed by atoms with Crippen LogP contribution in [0.25, 0.3) is 0 Å². The van der Waals surface area contributed by atoms with E-state index in [2.05, 4.69) is 0 Å². The van der Waals surface area contributed by atoms with Crippen LogP contribution in [0.15, 0.2) is 24.3 Å². The van der Waals surface area contributed by atoms with E-state index in [-0.39, 0.29) is 12.2 Å². The third-order valence-electron chi connectivity index (χ3n) is 2.34. The molecule has 18 heavy (non-hydrogen) atoms. The Labute approximate surface area is 105 Å². The van der Waals surface area contributed by atoms with Crippen LogP contribution in [0.2, 0.25) is 0 Å². The van der Waals surface area contributed by atoms with Crippen molar-refractivity contribution in [2.24, 2.45) is 0 Å². The third kappa shape index (κ3) is 3.48. The second-order valence-electron chi connectivity index (χ2n) is 3.56. The van der Waals surface area contributed by atoms with Gasteiger partial charge >= 0.3 is 0 Å². The van der Waals surface area contributed by atoms with Crippen molar-refractivity contribution in [3.8, 4) is 6.07 Å². The van der Waals surface area contributed by atoms with E-state index in [1.54, 1.807) is 18.2 Å². The Kier molecular flexibility index (Phi) is 5.18. The van der Waals surface area contributed by atoms with Crippen LogP contribution in [0.5, 0.6) is 0 Å². The van der Waals surface area contributed by atoms with Crippen LogP contribution in [-0.4, -0.2) is 32.1 Å². The van der Waals surface area contributed by atoms with Crippen LogP contribution >= 0.6 is 0 Å². The summed E-state index contributed by atoms with van der Waals surface area (Å²) in [5.74, 6) is -0.816. The van der Waals surface area contributed by atoms with Crippen LogP contribution in [0.4, 0.5) is 0 Å². The Morgan fingerprint density at radius 3 is 2.56 bits per heavy atom. The standard InChI is InChI=1S/C13H13NO4/c1-17-13(18-2)12(16)7-11(15)10-5-3-4-9(6-10)8-14/h3-6,13H,7H2,1-2H3. The highest BCUT2D eigenvalue weighted by atomic mass is 16.7. The second-order valence-corrected chi connectivity index (χ2v) is 3.56. The van der Waals surface area contributed by atoms with Crippen molar-refractivity contribution in [3.63, 3.8) is 0 Å². The van der Waals surface area contributed by atoms with Crippen LogP contribution < -0.4 is 0 Å². The Morgan fingerprint density at radius 2 is 2.00 bits per heavy atom. The minimum atomic E-state index is -1.03. The van der Waals surface area contributed by atoms with Crippen molar-refractivity contribution in [1.29, 1.82) is 5.26 Å². The summed E-state index contributed by atoms with van der Waals surface area (Å²) in [6.07, 6.45) is -1.35. The predicted molar refractivity (Wildman–Crippen MR) is 62.9 cm³/mol. The van der Waals surface area contributed by atoms with E-state index in [0.29, 0.717) is 11.1 Å². The molecule has 1 rings (SSSR count). The Bertz CT molecular complexity index is 486. The van der Waals surface area contributed by atoms with Gasteiger partial charge in [0.25, 0.3) is 0 Å². The summed E-state index contributed by atoms with van der Waals surface area (Å²) in [5, 5.41) is 8.72. The summed E-state index contributed by atoms with van der Waals surface area (Å²) in [6.45, 7) is 0. The van der Waals surface area contributed by atoms with Crippen molar-refractivity contribution < 1.29 is 19.1 Å². The molecule has 0 amide bonds. The highest BCUT2D eigenvalue weighted by Crippen LogP contribution is 2.09.